The highest BCUT2D eigenvalue weighted by Crippen LogP contribution is 2.31. The molecule has 0 saturated carbocycles. The maximum Gasteiger partial charge on any atom is 0.317 e. The van der Waals surface area contributed by atoms with E-state index in [4.69, 9.17) is 4.52 Å². The van der Waals surface area contributed by atoms with E-state index in [1.54, 1.807) is 0 Å². The average molecular weight is 344 g/mol. The first-order chi connectivity index (χ1) is 12.0. The lowest BCUT2D eigenvalue weighted by Gasteiger charge is -2.36. The van der Waals surface area contributed by atoms with E-state index in [1.165, 1.54) is 5.69 Å². The van der Waals surface area contributed by atoms with Crippen molar-refractivity contribution in [3.63, 3.8) is 0 Å². The number of aryl methyl sites for hydroxylation is 3. The Hall–Kier alpha value is -2.24. The predicted molar refractivity (Wildman–Crippen MR) is 96.5 cm³/mol. The summed E-state index contributed by atoms with van der Waals surface area (Å²) in [5, 5.41) is 7.12. The van der Waals surface area contributed by atoms with Crippen molar-refractivity contribution in [2.45, 2.75) is 52.0 Å². The number of hydrogen-bond donors (Lipinski definition) is 1. The van der Waals surface area contributed by atoms with Crippen LogP contribution in [-0.2, 0) is 7.05 Å². The molecule has 1 saturated heterocycles. The Morgan fingerprint density at radius 1 is 1.44 bits per heavy atom. The van der Waals surface area contributed by atoms with Crippen LogP contribution in [0, 0.1) is 13.8 Å². The molecule has 6 heteroatoms. The molecular formula is C19H28N4O2. The Balaban J connectivity index is 1.66. The number of likely N-dealkylation sites (tertiary alicyclic amines) is 1. The largest absolute Gasteiger partial charge is 0.361 e. The SMILES string of the molecule is Cc1noc(C)c1C(C)CNC(=O)N1CCCCC1c1cccn1C. The summed E-state index contributed by atoms with van der Waals surface area (Å²) in [6.07, 6.45) is 5.28. The zero-order valence-electron chi connectivity index (χ0n) is 15.6. The Kier molecular flexibility index (Phi) is 5.16. The van der Waals surface area contributed by atoms with E-state index in [0.717, 1.165) is 42.8 Å². The lowest BCUT2D eigenvalue weighted by Crippen LogP contribution is -2.46. The second kappa shape index (κ2) is 7.33. The van der Waals surface area contributed by atoms with Crippen LogP contribution < -0.4 is 5.32 Å². The van der Waals surface area contributed by atoms with Gasteiger partial charge in [0.15, 0.2) is 0 Å². The number of nitrogens with one attached hydrogen (secondary N) is 1. The summed E-state index contributed by atoms with van der Waals surface area (Å²) in [4.78, 5) is 14.8. The summed E-state index contributed by atoms with van der Waals surface area (Å²) in [5.74, 6) is 1.01. The summed E-state index contributed by atoms with van der Waals surface area (Å²) in [5.41, 5.74) is 3.20. The van der Waals surface area contributed by atoms with E-state index >= 15 is 0 Å². The number of rotatable bonds is 4. The van der Waals surface area contributed by atoms with Crippen molar-refractivity contribution in [3.8, 4) is 0 Å². The maximum absolute atomic E-state index is 12.8. The average Bonchev–Trinajstić information content (AvgIpc) is 3.17. The smallest absolute Gasteiger partial charge is 0.317 e. The van der Waals surface area contributed by atoms with Crippen molar-refractivity contribution in [2.24, 2.45) is 7.05 Å². The van der Waals surface area contributed by atoms with Gasteiger partial charge in [-0.05, 0) is 45.2 Å². The molecule has 2 atom stereocenters. The standard InChI is InChI=1S/C19H28N4O2/c1-13(18-14(2)21-25-15(18)3)12-20-19(24)23-11-6-5-8-17(23)16-9-7-10-22(16)4/h7,9-10,13,17H,5-6,8,11-12H2,1-4H3,(H,20,24). The molecule has 0 spiro atoms. The quantitative estimate of drug-likeness (QED) is 0.920. The number of carbonyl (C=O) groups excluding carboxylic acids is 1. The topological polar surface area (TPSA) is 63.3 Å². The molecule has 6 nitrogen and oxygen atoms in total. The number of amides is 2. The van der Waals surface area contributed by atoms with E-state index in [9.17, 15) is 4.79 Å². The van der Waals surface area contributed by atoms with Gasteiger partial charge in [-0.1, -0.05) is 12.1 Å². The number of aromatic nitrogens is 2. The molecule has 136 valence electrons. The van der Waals surface area contributed by atoms with Crippen molar-refractivity contribution < 1.29 is 9.32 Å². The molecule has 2 amide bonds. The predicted octanol–water partition coefficient (Wildman–Crippen LogP) is 3.67. The van der Waals surface area contributed by atoms with Crippen molar-refractivity contribution >= 4 is 6.03 Å². The molecule has 0 aliphatic carbocycles. The second-order valence-electron chi connectivity index (χ2n) is 7.07. The summed E-state index contributed by atoms with van der Waals surface area (Å²) >= 11 is 0. The van der Waals surface area contributed by atoms with Crippen LogP contribution in [-0.4, -0.2) is 33.7 Å². The van der Waals surface area contributed by atoms with Gasteiger partial charge in [-0.15, -0.1) is 0 Å². The van der Waals surface area contributed by atoms with Crippen LogP contribution in [0.5, 0.6) is 0 Å². The molecule has 25 heavy (non-hydrogen) atoms. The Bertz CT molecular complexity index is 714. The van der Waals surface area contributed by atoms with Gasteiger partial charge >= 0.3 is 6.03 Å². The Morgan fingerprint density at radius 2 is 2.24 bits per heavy atom. The molecule has 3 heterocycles. The van der Waals surface area contributed by atoms with Gasteiger partial charge < -0.3 is 19.3 Å². The molecule has 1 aliphatic heterocycles. The van der Waals surface area contributed by atoms with Gasteiger partial charge in [0.05, 0.1) is 11.7 Å². The van der Waals surface area contributed by atoms with Crippen LogP contribution in [0.25, 0.3) is 0 Å². The normalized spacial score (nSPS) is 19.0. The molecule has 3 rings (SSSR count). The van der Waals surface area contributed by atoms with E-state index in [1.807, 2.05) is 38.1 Å². The molecule has 2 aromatic rings. The minimum atomic E-state index is 0.0181. The highest BCUT2D eigenvalue weighted by Gasteiger charge is 2.29. The molecule has 1 fully saturated rings. The lowest BCUT2D eigenvalue weighted by atomic mass is 9.99. The van der Waals surface area contributed by atoms with E-state index in [-0.39, 0.29) is 18.0 Å². The summed E-state index contributed by atoms with van der Waals surface area (Å²) in [6, 6.07) is 4.33. The fourth-order valence-corrected chi connectivity index (χ4v) is 3.94. The number of hydrogen-bond acceptors (Lipinski definition) is 3. The summed E-state index contributed by atoms with van der Waals surface area (Å²) < 4.78 is 7.36. The lowest BCUT2D eigenvalue weighted by molar-refractivity contribution is 0.148. The van der Waals surface area contributed by atoms with Gasteiger partial charge in [0.1, 0.15) is 5.76 Å². The van der Waals surface area contributed by atoms with E-state index in [0.29, 0.717) is 6.54 Å². The maximum atomic E-state index is 12.8. The Morgan fingerprint density at radius 3 is 2.88 bits per heavy atom. The molecule has 2 aromatic heterocycles. The van der Waals surface area contributed by atoms with Crippen LogP contribution in [0.4, 0.5) is 4.79 Å². The zero-order chi connectivity index (χ0) is 18.0. The highest BCUT2D eigenvalue weighted by atomic mass is 16.5. The molecule has 0 bridgehead atoms. The van der Waals surface area contributed by atoms with Gasteiger partial charge in [0.2, 0.25) is 0 Å². The number of urea groups is 1. The first kappa shape index (κ1) is 17.6. The van der Waals surface area contributed by atoms with Crippen molar-refractivity contribution in [3.05, 3.63) is 41.0 Å². The number of carbonyl (C=O) groups is 1. The minimum Gasteiger partial charge on any atom is -0.361 e. The van der Waals surface area contributed by atoms with Crippen molar-refractivity contribution in [2.75, 3.05) is 13.1 Å². The van der Waals surface area contributed by atoms with Gasteiger partial charge in [-0.25, -0.2) is 4.79 Å². The number of nitrogens with zero attached hydrogens (tertiary/aromatic N) is 3. The fourth-order valence-electron chi connectivity index (χ4n) is 3.94. The van der Waals surface area contributed by atoms with Crippen molar-refractivity contribution in [1.82, 2.24) is 19.9 Å². The fraction of sp³-hybridized carbons (Fsp3) is 0.579. The zero-order valence-corrected chi connectivity index (χ0v) is 15.6. The van der Waals surface area contributed by atoms with Gasteiger partial charge in [-0.2, -0.15) is 0 Å². The van der Waals surface area contributed by atoms with E-state index < -0.39 is 0 Å². The van der Waals surface area contributed by atoms with E-state index in [2.05, 4.69) is 28.0 Å². The molecule has 2 unspecified atom stereocenters. The molecule has 1 aliphatic rings. The van der Waals surface area contributed by atoms with Gasteiger partial charge in [0.25, 0.3) is 0 Å². The van der Waals surface area contributed by atoms with Crippen LogP contribution in [0.1, 0.15) is 60.9 Å². The molecular weight excluding hydrogens is 316 g/mol. The van der Waals surface area contributed by atoms with Crippen LogP contribution in [0.2, 0.25) is 0 Å². The summed E-state index contributed by atoms with van der Waals surface area (Å²) in [6.45, 7) is 7.35. The third kappa shape index (κ3) is 3.57. The van der Waals surface area contributed by atoms with Crippen LogP contribution in [0.3, 0.4) is 0 Å². The third-order valence-electron chi connectivity index (χ3n) is 5.23. The second-order valence-corrected chi connectivity index (χ2v) is 7.07. The third-order valence-corrected chi connectivity index (χ3v) is 5.23. The van der Waals surface area contributed by atoms with Crippen LogP contribution >= 0.6 is 0 Å². The van der Waals surface area contributed by atoms with Crippen molar-refractivity contribution in [1.29, 1.82) is 0 Å². The molecule has 1 N–H and O–H groups in total. The summed E-state index contributed by atoms with van der Waals surface area (Å²) in [7, 11) is 2.04. The van der Waals surface area contributed by atoms with Crippen LogP contribution in [0.15, 0.2) is 22.9 Å². The molecule has 0 radical (unpaired) electrons. The first-order valence-electron chi connectivity index (χ1n) is 9.07. The Labute approximate surface area is 149 Å². The minimum absolute atomic E-state index is 0.0181. The van der Waals surface area contributed by atoms with Gasteiger partial charge in [0, 0.05) is 43.5 Å². The molecule has 0 aromatic carbocycles. The first-order valence-corrected chi connectivity index (χ1v) is 9.07. The highest BCUT2D eigenvalue weighted by molar-refractivity contribution is 5.75. The van der Waals surface area contributed by atoms with Gasteiger partial charge in [-0.3, -0.25) is 0 Å². The monoisotopic (exact) mass is 344 g/mol. The number of piperidine rings is 1.